The minimum absolute atomic E-state index is 0.107. The van der Waals surface area contributed by atoms with Crippen LogP contribution >= 0.6 is 11.6 Å². The predicted molar refractivity (Wildman–Crippen MR) is 142 cm³/mol. The van der Waals surface area contributed by atoms with Crippen LogP contribution in [-0.4, -0.2) is 52.5 Å². The molecule has 0 radical (unpaired) electrons. The van der Waals surface area contributed by atoms with Crippen molar-refractivity contribution >= 4 is 38.4 Å². The lowest BCUT2D eigenvalue weighted by molar-refractivity contribution is 0.311. The van der Waals surface area contributed by atoms with Crippen molar-refractivity contribution in [2.24, 2.45) is 0 Å². The third kappa shape index (κ3) is 4.77. The monoisotopic (exact) mass is 510 g/mol. The number of benzene rings is 1. The molecule has 1 unspecified atom stereocenters. The summed E-state index contributed by atoms with van der Waals surface area (Å²) in [7, 11) is -3.28. The Hall–Kier alpha value is -2.61. The van der Waals surface area contributed by atoms with E-state index in [0.717, 1.165) is 53.9 Å². The van der Waals surface area contributed by atoms with Gasteiger partial charge in [0, 0.05) is 54.9 Å². The molecule has 5 rings (SSSR count). The fourth-order valence-corrected chi connectivity index (χ4v) is 6.73. The summed E-state index contributed by atoms with van der Waals surface area (Å²) in [5.74, 6) is 0.107. The topological polar surface area (TPSA) is 69.3 Å². The molecule has 1 aromatic carbocycles. The number of hydrogen-bond acceptors (Lipinski definition) is 4. The summed E-state index contributed by atoms with van der Waals surface area (Å²) in [6, 6.07) is 14.5. The van der Waals surface area contributed by atoms with E-state index < -0.39 is 15.3 Å². The summed E-state index contributed by atoms with van der Waals surface area (Å²) in [6.45, 7) is 6.10. The van der Waals surface area contributed by atoms with Gasteiger partial charge in [-0.15, -0.1) is 0 Å². The third-order valence-electron chi connectivity index (χ3n) is 6.94. The summed E-state index contributed by atoms with van der Waals surface area (Å²) in [5, 5.41) is 1.29. The Balaban J connectivity index is 1.49. The largest absolute Gasteiger partial charge is 0.362 e. The molecule has 35 heavy (non-hydrogen) atoms. The van der Waals surface area contributed by atoms with Crippen molar-refractivity contribution in [3.05, 3.63) is 82.7 Å². The normalized spacial score (nSPS) is 19.8. The Kier molecular flexibility index (Phi) is 6.75. The number of sulfonamides is 1. The molecule has 2 aliphatic rings. The highest BCUT2D eigenvalue weighted by molar-refractivity contribution is 7.89. The van der Waals surface area contributed by atoms with Crippen LogP contribution in [0.5, 0.6) is 0 Å². The Bertz CT molecular complexity index is 1380. The van der Waals surface area contributed by atoms with Crippen LogP contribution in [0.4, 0.5) is 0 Å². The number of halogens is 1. The molecule has 0 amide bonds. The highest BCUT2D eigenvalue weighted by Crippen LogP contribution is 2.37. The van der Waals surface area contributed by atoms with Crippen molar-refractivity contribution in [3.63, 3.8) is 0 Å². The molecular formula is C27H31ClN4O2S. The molecule has 0 aliphatic carbocycles. The van der Waals surface area contributed by atoms with E-state index in [2.05, 4.69) is 51.3 Å². The zero-order valence-corrected chi connectivity index (χ0v) is 21.7. The van der Waals surface area contributed by atoms with Crippen molar-refractivity contribution < 1.29 is 8.42 Å². The molecule has 1 atom stereocenters. The van der Waals surface area contributed by atoms with Crippen LogP contribution in [0.15, 0.2) is 65.8 Å². The van der Waals surface area contributed by atoms with Crippen molar-refractivity contribution in [3.8, 4) is 0 Å². The van der Waals surface area contributed by atoms with Gasteiger partial charge in [-0.3, -0.25) is 0 Å². The Morgan fingerprint density at radius 1 is 1.20 bits per heavy atom. The molecule has 0 bridgehead atoms. The van der Waals surface area contributed by atoms with Crippen LogP contribution in [0.2, 0.25) is 0 Å². The molecule has 2 aromatic heterocycles. The van der Waals surface area contributed by atoms with E-state index in [1.54, 1.807) is 18.2 Å². The minimum Gasteiger partial charge on any atom is -0.362 e. The molecular weight excluding hydrogens is 480 g/mol. The van der Waals surface area contributed by atoms with Gasteiger partial charge < -0.3 is 9.88 Å². The number of fused-ring (bicyclic) bond motifs is 1. The summed E-state index contributed by atoms with van der Waals surface area (Å²) < 4.78 is 27.2. The second kappa shape index (κ2) is 9.80. The lowest BCUT2D eigenvalue weighted by Gasteiger charge is -2.32. The number of allylic oxidation sites excluding steroid dienone is 2. The summed E-state index contributed by atoms with van der Waals surface area (Å²) in [4.78, 5) is 10.4. The lowest BCUT2D eigenvalue weighted by Crippen LogP contribution is -2.42. The van der Waals surface area contributed by atoms with Gasteiger partial charge in [0.15, 0.2) is 0 Å². The minimum atomic E-state index is -3.28. The average Bonchev–Trinajstić information content (AvgIpc) is 3.30. The maximum Gasteiger partial charge on any atom is 0.216 e. The molecule has 2 aliphatic heterocycles. The van der Waals surface area contributed by atoms with Crippen LogP contribution in [0.1, 0.15) is 49.4 Å². The quantitative estimate of drug-likeness (QED) is 0.478. The van der Waals surface area contributed by atoms with Gasteiger partial charge in [0.1, 0.15) is 5.65 Å². The smallest absolute Gasteiger partial charge is 0.216 e. The number of nitrogens with zero attached hydrogens (tertiary/aromatic N) is 3. The average molecular weight is 511 g/mol. The first-order chi connectivity index (χ1) is 16.8. The second-order valence-corrected chi connectivity index (χ2v) is 12.5. The van der Waals surface area contributed by atoms with E-state index >= 15 is 0 Å². The fourth-order valence-electron chi connectivity index (χ4n) is 5.05. The fraction of sp³-hybridized carbons (Fsp3) is 0.370. The molecule has 4 heterocycles. The van der Waals surface area contributed by atoms with E-state index in [9.17, 15) is 8.42 Å². The predicted octanol–water partition coefficient (Wildman–Crippen LogP) is 5.46. The van der Waals surface area contributed by atoms with E-state index in [0.29, 0.717) is 18.1 Å². The van der Waals surface area contributed by atoms with E-state index in [1.807, 2.05) is 24.4 Å². The van der Waals surface area contributed by atoms with Gasteiger partial charge in [0.2, 0.25) is 10.0 Å². The van der Waals surface area contributed by atoms with Crippen molar-refractivity contribution in [1.29, 1.82) is 0 Å². The number of rotatable bonds is 6. The van der Waals surface area contributed by atoms with Crippen LogP contribution < -0.4 is 0 Å². The first-order valence-electron chi connectivity index (χ1n) is 12.2. The molecule has 184 valence electrons. The Labute approximate surface area is 212 Å². The number of pyridine rings is 1. The number of piperidine rings is 1. The Morgan fingerprint density at radius 2 is 2.00 bits per heavy atom. The number of nitrogens with one attached hydrogen (secondary N) is 1. The van der Waals surface area contributed by atoms with Gasteiger partial charge >= 0.3 is 0 Å². The first kappa shape index (κ1) is 24.1. The number of aromatic amines is 1. The van der Waals surface area contributed by atoms with Crippen molar-refractivity contribution in [2.75, 3.05) is 19.6 Å². The maximum atomic E-state index is 12.8. The van der Waals surface area contributed by atoms with Gasteiger partial charge in [0.25, 0.3) is 0 Å². The SMILES string of the molecule is CC(C)S(=O)(=O)N1CCCC(c2cc3c(C4=C(Cl)C=CCN4Cc4ccccc4)ccnc3[nH]2)C1. The van der Waals surface area contributed by atoms with Gasteiger partial charge in [0.05, 0.1) is 16.0 Å². The zero-order chi connectivity index (χ0) is 24.6. The van der Waals surface area contributed by atoms with Crippen molar-refractivity contribution in [1.82, 2.24) is 19.2 Å². The molecule has 1 fully saturated rings. The number of H-pyrrole nitrogens is 1. The highest BCUT2D eigenvalue weighted by Gasteiger charge is 2.32. The first-order valence-corrected chi connectivity index (χ1v) is 14.0. The number of hydrogen-bond donors (Lipinski definition) is 1. The molecule has 1 N–H and O–H groups in total. The highest BCUT2D eigenvalue weighted by atomic mass is 35.5. The van der Waals surface area contributed by atoms with Crippen LogP contribution in [0, 0.1) is 0 Å². The molecule has 0 spiro atoms. The van der Waals surface area contributed by atoms with Crippen LogP contribution in [0.25, 0.3) is 16.7 Å². The summed E-state index contributed by atoms with van der Waals surface area (Å²) in [6.07, 6.45) is 7.65. The standard InChI is InChI=1S/C27H31ClN4O2S/c1-19(2)35(33,34)32-15-6-10-21(18-32)25-16-23-22(12-13-29-27(23)30-25)26-24(28)11-7-14-31(26)17-20-8-4-3-5-9-20/h3-5,7-9,11-13,16,19,21H,6,10,14-15,17-18H2,1-2H3,(H,29,30). The molecule has 6 nitrogen and oxygen atoms in total. The second-order valence-electron chi connectivity index (χ2n) is 9.60. The zero-order valence-electron chi connectivity index (χ0n) is 20.1. The van der Waals surface area contributed by atoms with Crippen LogP contribution in [0.3, 0.4) is 0 Å². The lowest BCUT2D eigenvalue weighted by atomic mass is 9.96. The molecule has 3 aromatic rings. The van der Waals surface area contributed by atoms with Crippen LogP contribution in [-0.2, 0) is 16.6 Å². The Morgan fingerprint density at radius 3 is 2.77 bits per heavy atom. The van der Waals surface area contributed by atoms with Gasteiger partial charge in [-0.2, -0.15) is 0 Å². The molecule has 8 heteroatoms. The van der Waals surface area contributed by atoms with Gasteiger partial charge in [-0.1, -0.05) is 48.0 Å². The summed E-state index contributed by atoms with van der Waals surface area (Å²) in [5.41, 5.74) is 5.07. The number of aromatic nitrogens is 2. The van der Waals surface area contributed by atoms with E-state index in [4.69, 9.17) is 11.6 Å². The van der Waals surface area contributed by atoms with Gasteiger partial charge in [-0.05, 0) is 50.5 Å². The van der Waals surface area contributed by atoms with Crippen molar-refractivity contribution in [2.45, 2.75) is 44.4 Å². The molecule has 0 saturated carbocycles. The van der Waals surface area contributed by atoms with E-state index in [-0.39, 0.29) is 5.92 Å². The maximum absolute atomic E-state index is 12.8. The summed E-state index contributed by atoms with van der Waals surface area (Å²) >= 11 is 6.78. The van der Waals surface area contributed by atoms with Gasteiger partial charge in [-0.25, -0.2) is 17.7 Å². The van der Waals surface area contributed by atoms with E-state index in [1.165, 1.54) is 5.56 Å². The molecule has 1 saturated heterocycles. The third-order valence-corrected chi connectivity index (χ3v) is 9.48.